The van der Waals surface area contributed by atoms with Gasteiger partial charge in [0.25, 0.3) is 0 Å². The Bertz CT molecular complexity index is 315. The largest absolute Gasteiger partial charge is 0.288 e. The van der Waals surface area contributed by atoms with E-state index in [0.29, 0.717) is 0 Å². The molecule has 1 nitrogen and oxygen atoms in total. The minimum absolute atomic E-state index is 0. The number of benzene rings is 1. The Labute approximate surface area is 78.2 Å². The summed E-state index contributed by atoms with van der Waals surface area (Å²) in [4.78, 5) is 4.20. The van der Waals surface area contributed by atoms with E-state index in [-0.39, 0.29) is 12.4 Å². The van der Waals surface area contributed by atoms with Gasteiger partial charge in [0.15, 0.2) is 0 Å². The molecule has 1 aliphatic rings. The number of hydrogen-bond acceptors (Lipinski definition) is 1. The van der Waals surface area contributed by atoms with E-state index in [1.54, 1.807) is 0 Å². The van der Waals surface area contributed by atoms with Gasteiger partial charge in [-0.1, -0.05) is 30.3 Å². The van der Waals surface area contributed by atoms with E-state index in [9.17, 15) is 0 Å². The van der Waals surface area contributed by atoms with E-state index in [1.165, 1.54) is 11.1 Å². The van der Waals surface area contributed by atoms with Crippen molar-refractivity contribution in [2.45, 2.75) is 6.54 Å². The van der Waals surface area contributed by atoms with Gasteiger partial charge in [-0.3, -0.25) is 4.99 Å². The Morgan fingerprint density at radius 2 is 2.00 bits per heavy atom. The van der Waals surface area contributed by atoms with E-state index in [1.807, 2.05) is 18.4 Å². The molecular weight excluding hydrogens is 170 g/mol. The maximum Gasteiger partial charge on any atom is 0.0645 e. The van der Waals surface area contributed by atoms with Crippen molar-refractivity contribution >= 4 is 24.7 Å². The number of allylic oxidation sites excluding steroid dienone is 1. The van der Waals surface area contributed by atoms with Crippen LogP contribution in [0.2, 0.25) is 0 Å². The molecular formula is C10H10ClN. The molecule has 0 atom stereocenters. The third-order valence-electron chi connectivity index (χ3n) is 1.78. The van der Waals surface area contributed by atoms with E-state index >= 15 is 0 Å². The number of hydrogen-bond donors (Lipinski definition) is 0. The average Bonchev–Trinajstić information content (AvgIpc) is 2.28. The zero-order valence-electron chi connectivity index (χ0n) is 6.60. The lowest BCUT2D eigenvalue weighted by Gasteiger charge is -1.98. The first-order valence-electron chi connectivity index (χ1n) is 3.71. The second-order valence-corrected chi connectivity index (χ2v) is 2.55. The molecule has 2 rings (SSSR count). The molecule has 1 aliphatic heterocycles. The van der Waals surface area contributed by atoms with Crippen LogP contribution in [-0.4, -0.2) is 6.21 Å². The zero-order chi connectivity index (χ0) is 7.52. The van der Waals surface area contributed by atoms with Crippen LogP contribution in [0, 0.1) is 0 Å². The third-order valence-corrected chi connectivity index (χ3v) is 1.78. The molecule has 0 saturated heterocycles. The number of aliphatic imine (C=N–C) groups is 1. The van der Waals surface area contributed by atoms with Gasteiger partial charge in [0, 0.05) is 6.21 Å². The van der Waals surface area contributed by atoms with Crippen molar-refractivity contribution in [3.8, 4) is 0 Å². The second kappa shape index (κ2) is 4.07. The van der Waals surface area contributed by atoms with Crippen LogP contribution in [0.3, 0.4) is 0 Å². The normalized spacial score (nSPS) is 13.0. The van der Waals surface area contributed by atoms with Gasteiger partial charge >= 0.3 is 0 Å². The smallest absolute Gasteiger partial charge is 0.0645 e. The minimum atomic E-state index is 0. The Morgan fingerprint density at radius 3 is 2.92 bits per heavy atom. The third kappa shape index (κ3) is 1.74. The highest BCUT2D eigenvalue weighted by Crippen LogP contribution is 2.13. The van der Waals surface area contributed by atoms with Crippen LogP contribution in [0.15, 0.2) is 35.3 Å². The quantitative estimate of drug-likeness (QED) is 0.581. The maximum atomic E-state index is 4.20. The van der Waals surface area contributed by atoms with Gasteiger partial charge in [0.2, 0.25) is 0 Å². The maximum absolute atomic E-state index is 4.20. The summed E-state index contributed by atoms with van der Waals surface area (Å²) in [6, 6.07) is 8.32. The van der Waals surface area contributed by atoms with Crippen molar-refractivity contribution in [3.63, 3.8) is 0 Å². The highest BCUT2D eigenvalue weighted by molar-refractivity contribution is 5.85. The molecule has 1 aromatic carbocycles. The first kappa shape index (κ1) is 9.01. The molecule has 0 saturated carbocycles. The SMILES string of the molecule is C1=Cc2ccccc2CN=C1.Cl. The molecule has 0 aromatic heterocycles. The van der Waals surface area contributed by atoms with Crippen molar-refractivity contribution in [2.75, 3.05) is 0 Å². The molecule has 12 heavy (non-hydrogen) atoms. The monoisotopic (exact) mass is 179 g/mol. The first-order chi connectivity index (χ1) is 5.47. The van der Waals surface area contributed by atoms with Gasteiger partial charge in [0.1, 0.15) is 0 Å². The molecule has 0 aliphatic carbocycles. The second-order valence-electron chi connectivity index (χ2n) is 2.55. The molecule has 0 radical (unpaired) electrons. The molecule has 2 heteroatoms. The number of halogens is 1. The van der Waals surface area contributed by atoms with E-state index in [4.69, 9.17) is 0 Å². The van der Waals surface area contributed by atoms with Gasteiger partial charge in [-0.2, -0.15) is 0 Å². The van der Waals surface area contributed by atoms with Gasteiger partial charge in [0.05, 0.1) is 6.54 Å². The van der Waals surface area contributed by atoms with Gasteiger partial charge < -0.3 is 0 Å². The summed E-state index contributed by atoms with van der Waals surface area (Å²) in [5, 5.41) is 0. The summed E-state index contributed by atoms with van der Waals surface area (Å²) in [5.74, 6) is 0. The summed E-state index contributed by atoms with van der Waals surface area (Å²) in [6.07, 6.45) is 5.91. The molecule has 0 amide bonds. The summed E-state index contributed by atoms with van der Waals surface area (Å²) >= 11 is 0. The molecule has 0 N–H and O–H groups in total. The number of fused-ring (bicyclic) bond motifs is 1. The van der Waals surface area contributed by atoms with E-state index in [0.717, 1.165) is 6.54 Å². The van der Waals surface area contributed by atoms with Crippen LogP contribution >= 0.6 is 12.4 Å². The lowest BCUT2D eigenvalue weighted by molar-refractivity contribution is 1.08. The Morgan fingerprint density at radius 1 is 1.17 bits per heavy atom. The standard InChI is InChI=1S/C10H9N.ClH/c1-2-5-10-8-11-7-3-6-9(10)4-1;/h1-7H,8H2;1H. The van der Waals surface area contributed by atoms with Crippen LogP contribution in [0.1, 0.15) is 11.1 Å². The van der Waals surface area contributed by atoms with Crippen LogP contribution in [-0.2, 0) is 6.54 Å². The van der Waals surface area contributed by atoms with Crippen molar-refractivity contribution in [3.05, 3.63) is 41.5 Å². The molecule has 0 bridgehead atoms. The first-order valence-corrected chi connectivity index (χ1v) is 3.71. The Hall–Kier alpha value is -1.08. The summed E-state index contributed by atoms with van der Waals surface area (Å²) in [7, 11) is 0. The van der Waals surface area contributed by atoms with Crippen molar-refractivity contribution < 1.29 is 0 Å². The van der Waals surface area contributed by atoms with Gasteiger partial charge in [-0.25, -0.2) is 0 Å². The lowest BCUT2D eigenvalue weighted by atomic mass is 10.1. The summed E-state index contributed by atoms with van der Waals surface area (Å²) in [5.41, 5.74) is 2.59. The summed E-state index contributed by atoms with van der Waals surface area (Å²) < 4.78 is 0. The van der Waals surface area contributed by atoms with Crippen molar-refractivity contribution in [1.82, 2.24) is 0 Å². The molecule has 0 spiro atoms. The number of nitrogens with zero attached hydrogens (tertiary/aromatic N) is 1. The highest BCUT2D eigenvalue weighted by Gasteiger charge is 1.97. The van der Waals surface area contributed by atoms with Gasteiger partial charge in [-0.15, -0.1) is 12.4 Å². The molecule has 0 fully saturated rings. The predicted octanol–water partition coefficient (Wildman–Crippen LogP) is 2.71. The van der Waals surface area contributed by atoms with Crippen molar-refractivity contribution in [1.29, 1.82) is 0 Å². The highest BCUT2D eigenvalue weighted by atomic mass is 35.5. The molecule has 1 aromatic rings. The number of rotatable bonds is 0. The van der Waals surface area contributed by atoms with E-state index < -0.39 is 0 Å². The topological polar surface area (TPSA) is 12.4 Å². The fourth-order valence-corrected chi connectivity index (χ4v) is 1.20. The predicted molar refractivity (Wildman–Crippen MR) is 54.9 cm³/mol. The van der Waals surface area contributed by atoms with Crippen LogP contribution < -0.4 is 0 Å². The molecule has 1 heterocycles. The minimum Gasteiger partial charge on any atom is -0.288 e. The fourth-order valence-electron chi connectivity index (χ4n) is 1.20. The average molecular weight is 180 g/mol. The zero-order valence-corrected chi connectivity index (χ0v) is 7.42. The lowest BCUT2D eigenvalue weighted by Crippen LogP contribution is -1.83. The van der Waals surface area contributed by atoms with Crippen LogP contribution in [0.4, 0.5) is 0 Å². The molecule has 62 valence electrons. The Balaban J connectivity index is 0.000000720. The fraction of sp³-hybridized carbons (Fsp3) is 0.100. The van der Waals surface area contributed by atoms with E-state index in [2.05, 4.69) is 29.3 Å². The molecule has 0 unspecified atom stereocenters. The Kier molecular flexibility index (Phi) is 3.06. The van der Waals surface area contributed by atoms with Crippen molar-refractivity contribution in [2.24, 2.45) is 4.99 Å². The van der Waals surface area contributed by atoms with Crippen LogP contribution in [0.25, 0.3) is 6.08 Å². The van der Waals surface area contributed by atoms with Crippen LogP contribution in [0.5, 0.6) is 0 Å². The van der Waals surface area contributed by atoms with Gasteiger partial charge in [-0.05, 0) is 17.2 Å². The summed E-state index contributed by atoms with van der Waals surface area (Å²) in [6.45, 7) is 0.809.